The van der Waals surface area contributed by atoms with Gasteiger partial charge in [0.2, 0.25) is 0 Å². The van der Waals surface area contributed by atoms with Gasteiger partial charge in [-0.05, 0) is 62.8 Å². The van der Waals surface area contributed by atoms with Crippen LogP contribution in [0.15, 0.2) is 18.2 Å². The molecule has 1 nitrogen and oxygen atoms in total. The predicted molar refractivity (Wildman–Crippen MR) is 70.9 cm³/mol. The lowest BCUT2D eigenvalue weighted by atomic mass is 10.00. The molecule has 0 amide bonds. The smallest absolute Gasteiger partial charge is 0.120 e. The number of fused-ring (bicyclic) bond motifs is 1. The average Bonchev–Trinajstić information content (AvgIpc) is 2.49. The van der Waals surface area contributed by atoms with Crippen LogP contribution in [0.3, 0.4) is 0 Å². The van der Waals surface area contributed by atoms with E-state index in [9.17, 15) is 5.11 Å². The molecule has 0 atom stereocenters. The Morgan fingerprint density at radius 3 is 2.47 bits per heavy atom. The highest BCUT2D eigenvalue weighted by Gasteiger charge is 2.09. The van der Waals surface area contributed by atoms with Crippen LogP contribution in [0.25, 0.3) is 0 Å². The highest BCUT2D eigenvalue weighted by molar-refractivity contribution is 5.42. The van der Waals surface area contributed by atoms with Crippen LogP contribution in [-0.2, 0) is 12.8 Å². The molecule has 1 N–H and O–H groups in total. The van der Waals surface area contributed by atoms with Crippen molar-refractivity contribution in [1.82, 2.24) is 0 Å². The quantitative estimate of drug-likeness (QED) is 0.534. The molecule has 1 aliphatic carbocycles. The van der Waals surface area contributed by atoms with Crippen LogP contribution in [0, 0.1) is 11.8 Å². The van der Waals surface area contributed by atoms with E-state index in [0.29, 0.717) is 0 Å². The fourth-order valence-electron chi connectivity index (χ4n) is 2.21. The van der Waals surface area contributed by atoms with E-state index >= 15 is 0 Å². The molecule has 17 heavy (non-hydrogen) atoms. The third-order valence-corrected chi connectivity index (χ3v) is 3.11. The van der Waals surface area contributed by atoms with Crippen LogP contribution in [0.2, 0.25) is 0 Å². The summed E-state index contributed by atoms with van der Waals surface area (Å²) < 4.78 is 0. The molecule has 0 bridgehead atoms. The SMILES string of the molecule is CC(C)(O)C#Cc1ccc2c(c1)CCCCC2. The first-order chi connectivity index (χ1) is 8.04. The standard InChI is InChI=1S/C16H20O/c1-16(2,17)11-10-13-8-9-14-6-4-3-5-7-15(14)12-13/h8-9,12,17H,3-7H2,1-2H3. The lowest BCUT2D eigenvalue weighted by molar-refractivity contribution is 0.143. The van der Waals surface area contributed by atoms with E-state index in [4.69, 9.17) is 0 Å². The predicted octanol–water partition coefficient (Wildman–Crippen LogP) is 3.08. The van der Waals surface area contributed by atoms with Gasteiger partial charge in [0.05, 0.1) is 0 Å². The van der Waals surface area contributed by atoms with E-state index in [-0.39, 0.29) is 0 Å². The van der Waals surface area contributed by atoms with E-state index in [2.05, 4.69) is 30.0 Å². The molecule has 0 aromatic heterocycles. The van der Waals surface area contributed by atoms with E-state index in [1.807, 2.05) is 0 Å². The Morgan fingerprint density at radius 2 is 1.76 bits per heavy atom. The summed E-state index contributed by atoms with van der Waals surface area (Å²) in [6, 6.07) is 6.47. The molecule has 2 rings (SSSR count). The second-order valence-electron chi connectivity index (χ2n) is 5.35. The highest BCUT2D eigenvalue weighted by Crippen LogP contribution is 2.21. The summed E-state index contributed by atoms with van der Waals surface area (Å²) in [7, 11) is 0. The van der Waals surface area contributed by atoms with Gasteiger partial charge < -0.3 is 5.11 Å². The van der Waals surface area contributed by atoms with E-state index in [1.165, 1.54) is 43.2 Å². The van der Waals surface area contributed by atoms with Crippen molar-refractivity contribution in [2.45, 2.75) is 51.6 Å². The monoisotopic (exact) mass is 228 g/mol. The summed E-state index contributed by atoms with van der Waals surface area (Å²) in [5.41, 5.74) is 3.04. The summed E-state index contributed by atoms with van der Waals surface area (Å²) in [5, 5.41) is 9.59. The summed E-state index contributed by atoms with van der Waals surface area (Å²) in [6.45, 7) is 3.42. The molecule has 0 saturated heterocycles. The van der Waals surface area contributed by atoms with E-state index in [0.717, 1.165) is 5.56 Å². The number of aliphatic hydroxyl groups is 1. The lowest BCUT2D eigenvalue weighted by Gasteiger charge is -2.07. The van der Waals surface area contributed by atoms with Gasteiger partial charge in [0.15, 0.2) is 0 Å². The van der Waals surface area contributed by atoms with E-state index < -0.39 is 5.60 Å². The first kappa shape index (κ1) is 12.2. The molecule has 0 heterocycles. The van der Waals surface area contributed by atoms with E-state index in [1.54, 1.807) is 13.8 Å². The molecule has 0 saturated carbocycles. The van der Waals surface area contributed by atoms with Crippen molar-refractivity contribution in [3.63, 3.8) is 0 Å². The minimum atomic E-state index is -0.910. The van der Waals surface area contributed by atoms with Crippen molar-refractivity contribution in [2.75, 3.05) is 0 Å². The maximum atomic E-state index is 9.59. The van der Waals surface area contributed by atoms with Crippen molar-refractivity contribution in [2.24, 2.45) is 0 Å². The number of benzene rings is 1. The second kappa shape index (κ2) is 4.94. The Kier molecular flexibility index (Phi) is 3.54. The Bertz CT molecular complexity index is 455. The van der Waals surface area contributed by atoms with Crippen molar-refractivity contribution in [3.05, 3.63) is 34.9 Å². The maximum Gasteiger partial charge on any atom is 0.120 e. The molecular weight excluding hydrogens is 208 g/mol. The minimum absolute atomic E-state index is 0.910. The van der Waals surface area contributed by atoms with Gasteiger partial charge in [-0.25, -0.2) is 0 Å². The molecular formula is C16H20O. The van der Waals surface area contributed by atoms with Crippen molar-refractivity contribution < 1.29 is 5.11 Å². The zero-order valence-electron chi connectivity index (χ0n) is 10.7. The molecule has 1 aromatic rings. The Hall–Kier alpha value is -1.26. The average molecular weight is 228 g/mol. The molecule has 0 aliphatic heterocycles. The molecule has 90 valence electrons. The molecule has 0 unspecified atom stereocenters. The Labute approximate surface area is 104 Å². The van der Waals surface area contributed by atoms with Crippen LogP contribution >= 0.6 is 0 Å². The largest absolute Gasteiger partial charge is 0.378 e. The van der Waals surface area contributed by atoms with Gasteiger partial charge in [0.1, 0.15) is 5.60 Å². The van der Waals surface area contributed by atoms with Gasteiger partial charge in [-0.2, -0.15) is 0 Å². The van der Waals surface area contributed by atoms with Crippen molar-refractivity contribution in [1.29, 1.82) is 0 Å². The third-order valence-electron chi connectivity index (χ3n) is 3.11. The third kappa shape index (κ3) is 3.61. The van der Waals surface area contributed by atoms with Crippen LogP contribution in [0.5, 0.6) is 0 Å². The number of aryl methyl sites for hydroxylation is 2. The van der Waals surface area contributed by atoms with Gasteiger partial charge in [0, 0.05) is 5.56 Å². The Balaban J connectivity index is 2.26. The first-order valence-corrected chi connectivity index (χ1v) is 6.42. The molecule has 0 spiro atoms. The van der Waals surface area contributed by atoms with Crippen LogP contribution in [0.4, 0.5) is 0 Å². The summed E-state index contributed by atoms with van der Waals surface area (Å²) in [6.07, 6.45) is 6.30. The van der Waals surface area contributed by atoms with Gasteiger partial charge in [-0.1, -0.05) is 24.3 Å². The maximum absolute atomic E-state index is 9.59. The van der Waals surface area contributed by atoms with Gasteiger partial charge in [-0.3, -0.25) is 0 Å². The summed E-state index contributed by atoms with van der Waals surface area (Å²) in [5.74, 6) is 5.92. The van der Waals surface area contributed by atoms with Gasteiger partial charge >= 0.3 is 0 Å². The molecule has 1 heteroatoms. The second-order valence-corrected chi connectivity index (χ2v) is 5.35. The van der Waals surface area contributed by atoms with Crippen molar-refractivity contribution in [3.8, 4) is 11.8 Å². The molecule has 0 fully saturated rings. The fraction of sp³-hybridized carbons (Fsp3) is 0.500. The first-order valence-electron chi connectivity index (χ1n) is 6.42. The summed E-state index contributed by atoms with van der Waals surface area (Å²) >= 11 is 0. The van der Waals surface area contributed by atoms with Crippen LogP contribution in [-0.4, -0.2) is 10.7 Å². The highest BCUT2D eigenvalue weighted by atomic mass is 16.3. The zero-order chi connectivity index (χ0) is 12.3. The Morgan fingerprint density at radius 1 is 1.06 bits per heavy atom. The van der Waals surface area contributed by atoms with Crippen LogP contribution in [0.1, 0.15) is 49.8 Å². The van der Waals surface area contributed by atoms with Gasteiger partial charge in [0.25, 0.3) is 0 Å². The molecule has 1 aliphatic rings. The minimum Gasteiger partial charge on any atom is -0.378 e. The normalized spacial score (nSPS) is 15.5. The summed E-state index contributed by atoms with van der Waals surface area (Å²) in [4.78, 5) is 0. The number of rotatable bonds is 0. The van der Waals surface area contributed by atoms with Crippen molar-refractivity contribution >= 4 is 0 Å². The topological polar surface area (TPSA) is 20.2 Å². The zero-order valence-corrected chi connectivity index (χ0v) is 10.7. The fourth-order valence-corrected chi connectivity index (χ4v) is 2.21. The molecule has 0 radical (unpaired) electrons. The lowest BCUT2D eigenvalue weighted by Crippen LogP contribution is -2.14. The molecule has 1 aromatic carbocycles. The van der Waals surface area contributed by atoms with Gasteiger partial charge in [-0.15, -0.1) is 0 Å². The number of hydrogen-bond donors (Lipinski definition) is 1. The number of hydrogen-bond acceptors (Lipinski definition) is 1. The van der Waals surface area contributed by atoms with Crippen LogP contribution < -0.4 is 0 Å².